The molecule has 4 rings (SSSR count). The Balaban J connectivity index is 1.87. The van der Waals surface area contributed by atoms with Crippen molar-refractivity contribution in [1.29, 1.82) is 10.5 Å². The average Bonchev–Trinajstić information content (AvgIpc) is 2.95. The Labute approximate surface area is 152 Å². The van der Waals surface area contributed by atoms with Crippen LogP contribution in [0.25, 0.3) is 11.1 Å². The fourth-order valence-corrected chi connectivity index (χ4v) is 4.42. The molecule has 0 amide bonds. The number of hydrogen-bond acceptors (Lipinski definition) is 3. The zero-order valence-corrected chi connectivity index (χ0v) is 14.3. The highest BCUT2D eigenvalue weighted by Gasteiger charge is 2.43. The monoisotopic (exact) mass is 343 g/mol. The highest BCUT2D eigenvalue weighted by molar-refractivity contribution is 5.78. The highest BCUT2D eigenvalue weighted by Crippen LogP contribution is 2.53. The Bertz CT molecular complexity index is 985. The SMILES string of the molecule is N#CC=C1Nc2ccc(-c3ccc(F)cc3C#N)cc2C12CCCCC2. The number of anilines is 1. The van der Waals surface area contributed by atoms with E-state index in [-0.39, 0.29) is 5.41 Å². The number of allylic oxidation sites excluding steroid dienone is 2. The second-order valence-corrected chi connectivity index (χ2v) is 7.02. The smallest absolute Gasteiger partial charge is 0.124 e. The molecule has 3 nitrogen and oxygen atoms in total. The van der Waals surface area contributed by atoms with E-state index < -0.39 is 5.82 Å². The maximum Gasteiger partial charge on any atom is 0.124 e. The topological polar surface area (TPSA) is 59.6 Å². The van der Waals surface area contributed by atoms with Crippen molar-refractivity contribution < 1.29 is 4.39 Å². The molecule has 2 aromatic rings. The van der Waals surface area contributed by atoms with Gasteiger partial charge in [0.05, 0.1) is 17.7 Å². The van der Waals surface area contributed by atoms with Crippen LogP contribution in [-0.4, -0.2) is 0 Å². The highest BCUT2D eigenvalue weighted by atomic mass is 19.1. The standard InChI is InChI=1S/C22H18FN3/c23-17-5-6-18(16(12-17)14-25)15-4-7-20-19(13-15)22(9-2-1-3-10-22)21(26-20)8-11-24/h4-8,12-13,26H,1-3,9-10H2. The van der Waals surface area contributed by atoms with Crippen molar-refractivity contribution in [3.05, 3.63) is 65.1 Å². The summed E-state index contributed by atoms with van der Waals surface area (Å²) >= 11 is 0. The third-order valence-electron chi connectivity index (χ3n) is 5.65. The quantitative estimate of drug-likeness (QED) is 0.705. The summed E-state index contributed by atoms with van der Waals surface area (Å²) in [7, 11) is 0. The van der Waals surface area contributed by atoms with Crippen molar-refractivity contribution in [1.82, 2.24) is 0 Å². The molecule has 2 aromatic carbocycles. The number of nitriles is 2. The Morgan fingerprint density at radius 1 is 1.04 bits per heavy atom. The number of rotatable bonds is 1. The summed E-state index contributed by atoms with van der Waals surface area (Å²) in [6, 6.07) is 14.7. The van der Waals surface area contributed by atoms with Gasteiger partial charge in [0, 0.05) is 22.9 Å². The van der Waals surface area contributed by atoms with Crippen LogP contribution in [0.2, 0.25) is 0 Å². The molecule has 0 saturated heterocycles. The van der Waals surface area contributed by atoms with Gasteiger partial charge in [0.25, 0.3) is 0 Å². The summed E-state index contributed by atoms with van der Waals surface area (Å²) in [5, 5.41) is 22.0. The molecule has 0 unspecified atom stereocenters. The van der Waals surface area contributed by atoms with E-state index in [9.17, 15) is 14.9 Å². The van der Waals surface area contributed by atoms with Gasteiger partial charge in [0.15, 0.2) is 0 Å². The van der Waals surface area contributed by atoms with E-state index in [4.69, 9.17) is 0 Å². The van der Waals surface area contributed by atoms with Crippen molar-refractivity contribution >= 4 is 5.69 Å². The predicted octanol–water partition coefficient (Wildman–Crippen LogP) is 5.40. The first-order valence-corrected chi connectivity index (χ1v) is 8.90. The second kappa shape index (κ2) is 6.32. The van der Waals surface area contributed by atoms with E-state index in [1.54, 1.807) is 12.1 Å². The number of benzene rings is 2. The van der Waals surface area contributed by atoms with Gasteiger partial charge in [0.1, 0.15) is 5.82 Å². The summed E-state index contributed by atoms with van der Waals surface area (Å²) in [4.78, 5) is 0. The van der Waals surface area contributed by atoms with E-state index in [1.807, 2.05) is 12.1 Å². The molecule has 0 radical (unpaired) electrons. The van der Waals surface area contributed by atoms with E-state index in [2.05, 4.69) is 23.5 Å². The van der Waals surface area contributed by atoms with E-state index in [0.29, 0.717) is 5.56 Å². The fourth-order valence-electron chi connectivity index (χ4n) is 4.42. The molecule has 1 aliphatic carbocycles. The molecule has 1 saturated carbocycles. The first kappa shape index (κ1) is 16.4. The molecule has 1 spiro atoms. The lowest BCUT2D eigenvalue weighted by Crippen LogP contribution is -2.29. The molecule has 4 heteroatoms. The van der Waals surface area contributed by atoms with Gasteiger partial charge in [-0.25, -0.2) is 4.39 Å². The molecule has 128 valence electrons. The number of halogens is 1. The molecule has 0 bridgehead atoms. The molecule has 1 heterocycles. The molecule has 2 aliphatic rings. The van der Waals surface area contributed by atoms with Gasteiger partial charge in [-0.2, -0.15) is 10.5 Å². The largest absolute Gasteiger partial charge is 0.357 e. The first-order valence-electron chi connectivity index (χ1n) is 8.90. The maximum atomic E-state index is 13.5. The van der Waals surface area contributed by atoms with E-state index >= 15 is 0 Å². The zero-order valence-electron chi connectivity index (χ0n) is 14.3. The summed E-state index contributed by atoms with van der Waals surface area (Å²) in [6.07, 6.45) is 7.13. The molecule has 1 N–H and O–H groups in total. The van der Waals surface area contributed by atoms with Crippen molar-refractivity contribution in [2.45, 2.75) is 37.5 Å². The maximum absolute atomic E-state index is 13.5. The van der Waals surface area contributed by atoms with Crippen LogP contribution in [0.4, 0.5) is 10.1 Å². The van der Waals surface area contributed by atoms with Gasteiger partial charge >= 0.3 is 0 Å². The number of nitrogens with zero attached hydrogens (tertiary/aromatic N) is 2. The van der Waals surface area contributed by atoms with Crippen LogP contribution in [0.1, 0.15) is 43.2 Å². The fraction of sp³-hybridized carbons (Fsp3) is 0.273. The predicted molar refractivity (Wildman–Crippen MR) is 98.6 cm³/mol. The third kappa shape index (κ3) is 2.47. The number of nitrogens with one attached hydrogen (secondary N) is 1. The number of hydrogen-bond donors (Lipinski definition) is 1. The molecule has 1 fully saturated rings. The molecule has 0 aromatic heterocycles. The first-order chi connectivity index (χ1) is 12.7. The summed E-state index contributed by atoms with van der Waals surface area (Å²) in [5.74, 6) is -0.406. The Morgan fingerprint density at radius 3 is 2.58 bits per heavy atom. The van der Waals surface area contributed by atoms with Crippen LogP contribution in [-0.2, 0) is 5.41 Å². The van der Waals surface area contributed by atoms with Gasteiger partial charge in [-0.3, -0.25) is 0 Å². The Kier molecular flexibility index (Phi) is 3.98. The van der Waals surface area contributed by atoms with Crippen molar-refractivity contribution in [2.24, 2.45) is 0 Å². The summed E-state index contributed by atoms with van der Waals surface area (Å²) in [5.41, 5.74) is 5.02. The minimum atomic E-state index is -0.406. The molecular formula is C22H18FN3. The molecular weight excluding hydrogens is 325 g/mol. The molecule has 26 heavy (non-hydrogen) atoms. The molecule has 0 atom stereocenters. The lowest BCUT2D eigenvalue weighted by molar-refractivity contribution is 0.350. The van der Waals surface area contributed by atoms with Crippen LogP contribution < -0.4 is 5.32 Å². The third-order valence-corrected chi connectivity index (χ3v) is 5.65. The van der Waals surface area contributed by atoms with E-state index in [0.717, 1.165) is 48.2 Å². The van der Waals surface area contributed by atoms with Crippen molar-refractivity contribution in [2.75, 3.05) is 5.32 Å². The van der Waals surface area contributed by atoms with Crippen LogP contribution in [0.15, 0.2) is 48.2 Å². The minimum absolute atomic E-state index is 0.147. The van der Waals surface area contributed by atoms with Crippen LogP contribution in [0.3, 0.4) is 0 Å². The van der Waals surface area contributed by atoms with Crippen molar-refractivity contribution in [3.63, 3.8) is 0 Å². The lowest BCUT2D eigenvalue weighted by atomic mass is 9.68. The van der Waals surface area contributed by atoms with Crippen LogP contribution >= 0.6 is 0 Å². The van der Waals surface area contributed by atoms with Crippen LogP contribution in [0.5, 0.6) is 0 Å². The Morgan fingerprint density at radius 2 is 1.85 bits per heavy atom. The minimum Gasteiger partial charge on any atom is -0.357 e. The van der Waals surface area contributed by atoms with Gasteiger partial charge in [0.2, 0.25) is 0 Å². The Hall–Kier alpha value is -3.11. The summed E-state index contributed by atoms with van der Waals surface area (Å²) < 4.78 is 13.5. The lowest BCUT2D eigenvalue weighted by Gasteiger charge is -2.35. The molecule has 1 aliphatic heterocycles. The second-order valence-electron chi connectivity index (χ2n) is 7.02. The van der Waals surface area contributed by atoms with Gasteiger partial charge < -0.3 is 5.32 Å². The van der Waals surface area contributed by atoms with Gasteiger partial charge in [-0.1, -0.05) is 31.4 Å². The zero-order chi connectivity index (χ0) is 18.1. The normalized spacial score (nSPS) is 18.8. The summed E-state index contributed by atoms with van der Waals surface area (Å²) in [6.45, 7) is 0. The van der Waals surface area contributed by atoms with Gasteiger partial charge in [-0.15, -0.1) is 0 Å². The average molecular weight is 343 g/mol. The van der Waals surface area contributed by atoms with Crippen molar-refractivity contribution in [3.8, 4) is 23.3 Å². The van der Waals surface area contributed by atoms with Gasteiger partial charge in [-0.05, 0) is 53.8 Å². The van der Waals surface area contributed by atoms with Crippen LogP contribution in [0, 0.1) is 28.5 Å². The number of fused-ring (bicyclic) bond motifs is 2. The van der Waals surface area contributed by atoms with E-state index in [1.165, 1.54) is 24.1 Å².